The highest BCUT2D eigenvalue weighted by molar-refractivity contribution is 6.02. The number of para-hydroxylation sites is 2. The number of nitro benzene ring substituents is 1. The monoisotopic (exact) mass is 249 g/mol. The molecule has 7 nitrogen and oxygen atoms in total. The molecule has 7 heteroatoms. The number of nitrogens with one attached hydrogen (secondary N) is 1. The van der Waals surface area contributed by atoms with Crippen molar-refractivity contribution in [2.45, 2.75) is 12.8 Å². The van der Waals surface area contributed by atoms with Gasteiger partial charge in [-0.15, -0.1) is 0 Å². The van der Waals surface area contributed by atoms with Gasteiger partial charge in [0.05, 0.1) is 11.6 Å². The number of benzene rings is 1. The first kappa shape index (κ1) is 12.0. The van der Waals surface area contributed by atoms with E-state index < -0.39 is 4.92 Å². The van der Waals surface area contributed by atoms with E-state index in [1.807, 2.05) is 0 Å². The predicted molar refractivity (Wildman–Crippen MR) is 62.7 cm³/mol. The van der Waals surface area contributed by atoms with E-state index in [1.54, 1.807) is 12.1 Å². The minimum atomic E-state index is -0.518. The Labute approximate surface area is 103 Å². The smallest absolute Gasteiger partial charge is 0.292 e. The van der Waals surface area contributed by atoms with Crippen molar-refractivity contribution >= 4 is 23.2 Å². The number of hydrogen-bond acceptors (Lipinski definition) is 5. The summed E-state index contributed by atoms with van der Waals surface area (Å²) < 4.78 is 0. The lowest BCUT2D eigenvalue weighted by molar-refractivity contribution is -0.384. The number of rotatable bonds is 4. The van der Waals surface area contributed by atoms with E-state index >= 15 is 0 Å². The molecule has 0 bridgehead atoms. The van der Waals surface area contributed by atoms with Crippen molar-refractivity contribution in [1.29, 1.82) is 0 Å². The number of carbonyl (C=O) groups excluding carboxylic acids is 2. The standard InChI is InChI=1S/C11H11N3O4/c15-10-5-6-11(16)13(10)7-12-8-3-1-2-4-9(8)14(17)18/h1-4,12H,5-7H2. The van der Waals surface area contributed by atoms with Gasteiger partial charge in [-0.05, 0) is 6.07 Å². The van der Waals surface area contributed by atoms with Crippen molar-refractivity contribution in [3.63, 3.8) is 0 Å². The molecular formula is C11H11N3O4. The summed E-state index contributed by atoms with van der Waals surface area (Å²) >= 11 is 0. The molecule has 1 aliphatic rings. The van der Waals surface area contributed by atoms with E-state index in [2.05, 4.69) is 5.32 Å². The Bertz CT molecular complexity index is 499. The zero-order valence-corrected chi connectivity index (χ0v) is 9.46. The SMILES string of the molecule is O=C1CCC(=O)N1CNc1ccccc1[N+](=O)[O-]. The quantitative estimate of drug-likeness (QED) is 0.490. The summed E-state index contributed by atoms with van der Waals surface area (Å²) in [7, 11) is 0. The first-order valence-electron chi connectivity index (χ1n) is 5.40. The van der Waals surface area contributed by atoms with Crippen LogP contribution in [0.25, 0.3) is 0 Å². The topological polar surface area (TPSA) is 92.6 Å². The van der Waals surface area contributed by atoms with Gasteiger partial charge in [0.25, 0.3) is 5.69 Å². The molecule has 2 amide bonds. The van der Waals surface area contributed by atoms with Gasteiger partial charge < -0.3 is 5.32 Å². The fourth-order valence-electron chi connectivity index (χ4n) is 1.75. The van der Waals surface area contributed by atoms with Crippen LogP contribution in [0.5, 0.6) is 0 Å². The molecule has 1 aromatic carbocycles. The minimum Gasteiger partial charge on any atom is -0.362 e. The third-order valence-corrected chi connectivity index (χ3v) is 2.68. The molecule has 0 saturated carbocycles. The molecular weight excluding hydrogens is 238 g/mol. The predicted octanol–water partition coefficient (Wildman–Crippen LogP) is 1.11. The molecule has 0 aliphatic carbocycles. The molecule has 94 valence electrons. The van der Waals surface area contributed by atoms with Gasteiger partial charge in [-0.25, -0.2) is 0 Å². The molecule has 0 radical (unpaired) electrons. The lowest BCUT2D eigenvalue weighted by atomic mass is 10.3. The van der Waals surface area contributed by atoms with Gasteiger partial charge in [0, 0.05) is 18.9 Å². The Hall–Kier alpha value is -2.44. The molecule has 1 aromatic rings. The molecule has 18 heavy (non-hydrogen) atoms. The van der Waals surface area contributed by atoms with E-state index in [1.165, 1.54) is 12.1 Å². The average molecular weight is 249 g/mol. The summed E-state index contributed by atoms with van der Waals surface area (Å²) in [6.45, 7) is -0.0392. The number of carbonyl (C=O) groups is 2. The van der Waals surface area contributed by atoms with Crippen LogP contribution in [0.4, 0.5) is 11.4 Å². The Morgan fingerprint density at radius 3 is 2.44 bits per heavy atom. The van der Waals surface area contributed by atoms with Crippen LogP contribution in [0.1, 0.15) is 12.8 Å². The number of hydrogen-bond donors (Lipinski definition) is 1. The molecule has 0 atom stereocenters. The Morgan fingerprint density at radius 2 is 1.83 bits per heavy atom. The number of nitro groups is 1. The highest BCUT2D eigenvalue weighted by Crippen LogP contribution is 2.23. The second kappa shape index (κ2) is 4.82. The van der Waals surface area contributed by atoms with Crippen molar-refractivity contribution in [3.05, 3.63) is 34.4 Å². The summed E-state index contributed by atoms with van der Waals surface area (Å²) in [4.78, 5) is 34.0. The Balaban J connectivity index is 2.09. The fourth-order valence-corrected chi connectivity index (χ4v) is 1.75. The Morgan fingerprint density at radius 1 is 1.22 bits per heavy atom. The molecule has 0 spiro atoms. The number of amides is 2. The second-order valence-corrected chi connectivity index (χ2v) is 3.82. The summed E-state index contributed by atoms with van der Waals surface area (Å²) in [5, 5.41) is 13.5. The lowest BCUT2D eigenvalue weighted by Gasteiger charge is -2.15. The zero-order valence-electron chi connectivity index (χ0n) is 9.46. The van der Waals surface area contributed by atoms with Crippen LogP contribution in [0, 0.1) is 10.1 Å². The highest BCUT2D eigenvalue weighted by Gasteiger charge is 2.28. The lowest BCUT2D eigenvalue weighted by Crippen LogP contribution is -2.34. The van der Waals surface area contributed by atoms with Crippen molar-refractivity contribution in [2.24, 2.45) is 0 Å². The molecule has 0 aromatic heterocycles. The van der Waals surface area contributed by atoms with Crippen LogP contribution in [0.15, 0.2) is 24.3 Å². The third-order valence-electron chi connectivity index (χ3n) is 2.68. The van der Waals surface area contributed by atoms with Crippen LogP contribution >= 0.6 is 0 Å². The molecule has 1 heterocycles. The molecule has 1 fully saturated rings. The highest BCUT2D eigenvalue weighted by atomic mass is 16.6. The molecule has 1 aliphatic heterocycles. The van der Waals surface area contributed by atoms with Gasteiger partial charge >= 0.3 is 0 Å². The van der Waals surface area contributed by atoms with Gasteiger partial charge in [-0.1, -0.05) is 12.1 Å². The van der Waals surface area contributed by atoms with Crippen LogP contribution in [0.3, 0.4) is 0 Å². The van der Waals surface area contributed by atoms with Crippen LogP contribution in [-0.2, 0) is 9.59 Å². The number of imide groups is 1. The van der Waals surface area contributed by atoms with Crippen LogP contribution in [0.2, 0.25) is 0 Å². The molecule has 1 N–H and O–H groups in total. The largest absolute Gasteiger partial charge is 0.362 e. The maximum Gasteiger partial charge on any atom is 0.292 e. The molecule has 0 unspecified atom stereocenters. The van der Waals surface area contributed by atoms with E-state index in [0.29, 0.717) is 0 Å². The van der Waals surface area contributed by atoms with E-state index in [0.717, 1.165) is 4.90 Å². The number of likely N-dealkylation sites (tertiary alicyclic amines) is 1. The maximum atomic E-state index is 11.4. The summed E-state index contributed by atoms with van der Waals surface area (Å²) in [5.74, 6) is -0.517. The molecule has 2 rings (SSSR count). The first-order valence-corrected chi connectivity index (χ1v) is 5.40. The minimum absolute atomic E-state index is 0.0392. The van der Waals surface area contributed by atoms with Crippen molar-refractivity contribution < 1.29 is 14.5 Å². The second-order valence-electron chi connectivity index (χ2n) is 3.82. The van der Waals surface area contributed by atoms with Gasteiger partial charge in [0.15, 0.2) is 0 Å². The van der Waals surface area contributed by atoms with Gasteiger partial charge in [-0.2, -0.15) is 0 Å². The Kier molecular flexibility index (Phi) is 3.22. The summed E-state index contributed by atoms with van der Waals surface area (Å²) in [6.07, 6.45) is 0.412. The van der Waals surface area contributed by atoms with Crippen molar-refractivity contribution in [3.8, 4) is 0 Å². The van der Waals surface area contributed by atoms with Crippen LogP contribution < -0.4 is 5.32 Å². The van der Waals surface area contributed by atoms with Gasteiger partial charge in [0.1, 0.15) is 5.69 Å². The van der Waals surface area contributed by atoms with Crippen LogP contribution in [-0.4, -0.2) is 28.3 Å². The number of anilines is 1. The van der Waals surface area contributed by atoms with E-state index in [-0.39, 0.29) is 42.7 Å². The molecule has 1 saturated heterocycles. The third kappa shape index (κ3) is 2.29. The fraction of sp³-hybridized carbons (Fsp3) is 0.273. The maximum absolute atomic E-state index is 11.4. The average Bonchev–Trinajstić information content (AvgIpc) is 2.67. The van der Waals surface area contributed by atoms with Gasteiger partial charge in [0.2, 0.25) is 11.8 Å². The first-order chi connectivity index (χ1) is 8.59. The summed E-state index contributed by atoms with van der Waals surface area (Å²) in [6, 6.07) is 6.08. The van der Waals surface area contributed by atoms with Gasteiger partial charge in [-0.3, -0.25) is 24.6 Å². The van der Waals surface area contributed by atoms with Crippen molar-refractivity contribution in [1.82, 2.24) is 4.90 Å². The normalized spacial score (nSPS) is 15.0. The van der Waals surface area contributed by atoms with E-state index in [9.17, 15) is 19.7 Å². The number of nitrogens with zero attached hydrogens (tertiary/aromatic N) is 2. The van der Waals surface area contributed by atoms with E-state index in [4.69, 9.17) is 0 Å². The summed E-state index contributed by atoms with van der Waals surface area (Å²) in [5.41, 5.74) is 0.201. The van der Waals surface area contributed by atoms with Crippen molar-refractivity contribution in [2.75, 3.05) is 12.0 Å². The zero-order chi connectivity index (χ0) is 13.1.